The van der Waals surface area contributed by atoms with Gasteiger partial charge < -0.3 is 25.0 Å². The third-order valence-corrected chi connectivity index (χ3v) is 4.23. The average Bonchev–Trinajstić information content (AvgIpc) is 3.03. The van der Waals surface area contributed by atoms with Gasteiger partial charge in [-0.1, -0.05) is 6.92 Å². The van der Waals surface area contributed by atoms with Crippen molar-refractivity contribution in [3.8, 4) is 5.75 Å². The van der Waals surface area contributed by atoms with Gasteiger partial charge in [-0.2, -0.15) is 0 Å². The van der Waals surface area contributed by atoms with E-state index in [9.17, 15) is 14.0 Å². The Bertz CT molecular complexity index is 684. The molecule has 0 saturated carbocycles. The number of aliphatic carboxylic acids is 2. The molecule has 1 aromatic carbocycles. The van der Waals surface area contributed by atoms with Crippen molar-refractivity contribution in [3.05, 3.63) is 41.2 Å². The largest absolute Gasteiger partial charge is 0.491 e. The van der Waals surface area contributed by atoms with Gasteiger partial charge in [-0.25, -0.2) is 14.0 Å². The molecule has 3 N–H and O–H groups in total. The van der Waals surface area contributed by atoms with Gasteiger partial charge in [-0.05, 0) is 36.5 Å². The molecule has 3 rings (SSSR count). The summed E-state index contributed by atoms with van der Waals surface area (Å²) in [5.74, 6) is -1.28. The van der Waals surface area contributed by atoms with Crippen molar-refractivity contribution in [1.82, 2.24) is 5.32 Å². The Balaban J connectivity index is 0.000000279. The first-order valence-corrected chi connectivity index (χ1v) is 8.76. The monoisotopic (exact) mass is 381 g/mol. The molecule has 0 spiro atoms. The maximum Gasteiger partial charge on any atom is 0.328 e. The van der Waals surface area contributed by atoms with Crippen molar-refractivity contribution in [2.24, 2.45) is 5.92 Å². The third kappa shape index (κ3) is 6.65. The zero-order valence-corrected chi connectivity index (χ0v) is 15.1. The minimum atomic E-state index is -1.26. The number of ether oxygens (including phenoxy) is 2. The van der Waals surface area contributed by atoms with E-state index in [1.165, 1.54) is 6.07 Å². The number of hydrogen-bond donors (Lipinski definition) is 3. The first-order chi connectivity index (χ1) is 12.9. The Morgan fingerprint density at radius 3 is 2.52 bits per heavy atom. The van der Waals surface area contributed by atoms with Gasteiger partial charge in [0.15, 0.2) is 0 Å². The molecule has 27 heavy (non-hydrogen) atoms. The summed E-state index contributed by atoms with van der Waals surface area (Å²) in [5.41, 5.74) is 1.89. The summed E-state index contributed by atoms with van der Waals surface area (Å²) < 4.78 is 25.2. The lowest BCUT2D eigenvalue weighted by Gasteiger charge is -2.24. The molecule has 1 aliphatic heterocycles. The van der Waals surface area contributed by atoms with Crippen LogP contribution in [-0.2, 0) is 27.2 Å². The Kier molecular flexibility index (Phi) is 7.75. The fourth-order valence-electron chi connectivity index (χ4n) is 3.04. The molecule has 0 radical (unpaired) electrons. The molecule has 1 aliphatic carbocycles. The molecule has 1 saturated heterocycles. The number of morpholine rings is 1. The number of carboxylic acid groups (broad SMARTS) is 2. The molecule has 1 aromatic rings. The molecule has 8 heteroatoms. The SMILES string of the molecule is CC1Cc2c(F)ccc(OCC3CNCCO3)c2C1.O=C(O)C=CC(=O)O. The topological polar surface area (TPSA) is 105 Å². The summed E-state index contributed by atoms with van der Waals surface area (Å²) >= 11 is 0. The van der Waals surface area contributed by atoms with Crippen LogP contribution in [0.2, 0.25) is 0 Å². The number of rotatable bonds is 5. The summed E-state index contributed by atoms with van der Waals surface area (Å²) in [5, 5.41) is 18.9. The molecule has 2 atom stereocenters. The predicted octanol–water partition coefficient (Wildman–Crippen LogP) is 1.64. The number of hydrogen-bond acceptors (Lipinski definition) is 5. The molecule has 148 valence electrons. The summed E-state index contributed by atoms with van der Waals surface area (Å²) in [6.07, 6.45) is 2.93. The highest BCUT2D eigenvalue weighted by Crippen LogP contribution is 2.35. The zero-order valence-electron chi connectivity index (χ0n) is 15.1. The van der Waals surface area contributed by atoms with Crippen LogP contribution in [0.1, 0.15) is 18.1 Å². The van der Waals surface area contributed by atoms with E-state index in [4.69, 9.17) is 19.7 Å². The van der Waals surface area contributed by atoms with Crippen LogP contribution in [0.4, 0.5) is 4.39 Å². The first-order valence-electron chi connectivity index (χ1n) is 8.76. The van der Waals surface area contributed by atoms with Gasteiger partial charge in [0.25, 0.3) is 0 Å². The van der Waals surface area contributed by atoms with E-state index in [1.807, 2.05) is 0 Å². The van der Waals surface area contributed by atoms with Crippen LogP contribution < -0.4 is 10.1 Å². The van der Waals surface area contributed by atoms with Crippen LogP contribution in [0, 0.1) is 11.7 Å². The summed E-state index contributed by atoms with van der Waals surface area (Å²) in [6.45, 7) is 5.13. The highest BCUT2D eigenvalue weighted by molar-refractivity contribution is 5.89. The molecule has 1 fully saturated rings. The van der Waals surface area contributed by atoms with Crippen LogP contribution in [0.3, 0.4) is 0 Å². The summed E-state index contributed by atoms with van der Waals surface area (Å²) in [7, 11) is 0. The van der Waals surface area contributed by atoms with E-state index >= 15 is 0 Å². The molecule has 2 unspecified atom stereocenters. The molecule has 7 nitrogen and oxygen atoms in total. The molecule has 1 heterocycles. The lowest BCUT2D eigenvalue weighted by molar-refractivity contribution is -0.134. The van der Waals surface area contributed by atoms with Gasteiger partial charge >= 0.3 is 11.9 Å². The maximum atomic E-state index is 13.7. The van der Waals surface area contributed by atoms with Crippen molar-refractivity contribution in [1.29, 1.82) is 0 Å². The number of carbonyl (C=O) groups is 2. The van der Waals surface area contributed by atoms with Gasteiger partial charge in [-0.15, -0.1) is 0 Å². The molecule has 0 amide bonds. The maximum absolute atomic E-state index is 13.7. The minimum Gasteiger partial charge on any atom is -0.491 e. The first kappa shape index (κ1) is 20.9. The Morgan fingerprint density at radius 1 is 1.26 bits per heavy atom. The van der Waals surface area contributed by atoms with Crippen LogP contribution in [0.5, 0.6) is 5.75 Å². The highest BCUT2D eigenvalue weighted by atomic mass is 19.1. The van der Waals surface area contributed by atoms with Crippen molar-refractivity contribution >= 4 is 11.9 Å². The smallest absolute Gasteiger partial charge is 0.328 e. The summed E-state index contributed by atoms with van der Waals surface area (Å²) in [6, 6.07) is 3.27. The van der Waals surface area contributed by atoms with E-state index in [1.54, 1.807) is 6.07 Å². The number of halogens is 1. The van der Waals surface area contributed by atoms with Crippen LogP contribution >= 0.6 is 0 Å². The molecular formula is C19H24FNO6. The van der Waals surface area contributed by atoms with Gasteiger partial charge in [-0.3, -0.25) is 0 Å². The molecule has 2 aliphatic rings. The van der Waals surface area contributed by atoms with E-state index in [0.29, 0.717) is 24.7 Å². The number of fused-ring (bicyclic) bond motifs is 1. The van der Waals surface area contributed by atoms with E-state index < -0.39 is 11.9 Å². The van der Waals surface area contributed by atoms with Crippen molar-refractivity contribution in [2.45, 2.75) is 25.9 Å². The normalized spacial score (nSPS) is 21.3. The number of carboxylic acids is 2. The third-order valence-electron chi connectivity index (χ3n) is 4.23. The second-order valence-electron chi connectivity index (χ2n) is 6.53. The van der Waals surface area contributed by atoms with Gasteiger partial charge in [0.2, 0.25) is 0 Å². The van der Waals surface area contributed by atoms with Crippen LogP contribution in [0.15, 0.2) is 24.3 Å². The van der Waals surface area contributed by atoms with E-state index in [-0.39, 0.29) is 11.9 Å². The van der Waals surface area contributed by atoms with Crippen molar-refractivity contribution in [2.75, 3.05) is 26.3 Å². The second-order valence-corrected chi connectivity index (χ2v) is 6.53. The lowest BCUT2D eigenvalue weighted by Crippen LogP contribution is -2.41. The molecular weight excluding hydrogens is 357 g/mol. The second kappa shape index (κ2) is 10.0. The number of nitrogens with one attached hydrogen (secondary N) is 1. The van der Waals surface area contributed by atoms with Gasteiger partial charge in [0.1, 0.15) is 24.3 Å². The lowest BCUT2D eigenvalue weighted by atomic mass is 10.1. The van der Waals surface area contributed by atoms with Crippen LogP contribution in [0.25, 0.3) is 0 Å². The van der Waals surface area contributed by atoms with E-state index in [2.05, 4.69) is 12.2 Å². The van der Waals surface area contributed by atoms with Crippen molar-refractivity contribution < 1.29 is 33.7 Å². The standard InChI is InChI=1S/C15H20FNO2.C4H4O4/c1-10-6-12-13(7-10)15(3-2-14(12)16)19-9-11-8-17-4-5-18-11;5-3(6)1-2-4(7)8/h2-3,10-11,17H,4-9H2,1H3;1-2H,(H,5,6)(H,7,8). The van der Waals surface area contributed by atoms with Gasteiger partial charge in [0.05, 0.1) is 6.61 Å². The highest BCUT2D eigenvalue weighted by Gasteiger charge is 2.25. The van der Waals surface area contributed by atoms with Crippen LogP contribution in [-0.4, -0.2) is 54.6 Å². The minimum absolute atomic E-state index is 0.0910. The molecule has 0 bridgehead atoms. The quantitative estimate of drug-likeness (QED) is 0.666. The fourth-order valence-corrected chi connectivity index (χ4v) is 3.04. The van der Waals surface area contributed by atoms with E-state index in [0.717, 1.165) is 49.4 Å². The molecule has 0 aromatic heterocycles. The summed E-state index contributed by atoms with van der Waals surface area (Å²) in [4.78, 5) is 19.1. The Morgan fingerprint density at radius 2 is 1.93 bits per heavy atom. The van der Waals surface area contributed by atoms with Crippen molar-refractivity contribution in [3.63, 3.8) is 0 Å². The number of benzene rings is 1. The Labute approximate surface area is 156 Å². The average molecular weight is 381 g/mol. The zero-order chi connectivity index (χ0) is 19.8. The predicted molar refractivity (Wildman–Crippen MR) is 95.5 cm³/mol. The fraction of sp³-hybridized carbons (Fsp3) is 0.474. The van der Waals surface area contributed by atoms with Gasteiger partial charge in [0, 0.05) is 30.8 Å². The Hall–Kier alpha value is -2.45.